The molecule has 0 spiro atoms. The van der Waals surface area contributed by atoms with Crippen LogP contribution < -0.4 is 5.32 Å². The van der Waals surface area contributed by atoms with Crippen molar-refractivity contribution >= 4 is 0 Å². The molecular formula is C15H15NO. The minimum atomic E-state index is 0.118. The third-order valence-electron chi connectivity index (χ3n) is 3.45. The van der Waals surface area contributed by atoms with Crippen LogP contribution in [0.3, 0.4) is 0 Å². The molecule has 0 fully saturated rings. The molecule has 2 nitrogen and oxygen atoms in total. The van der Waals surface area contributed by atoms with Gasteiger partial charge in [0.25, 0.3) is 0 Å². The van der Waals surface area contributed by atoms with Crippen molar-refractivity contribution in [3.8, 4) is 5.75 Å². The summed E-state index contributed by atoms with van der Waals surface area (Å²) in [5, 5.41) is 13.4. The lowest BCUT2D eigenvalue weighted by molar-refractivity contribution is 0.460. The number of hydrogen-bond donors (Lipinski definition) is 2. The summed E-state index contributed by atoms with van der Waals surface area (Å²) in [6.07, 6.45) is 0. The number of aryl methyl sites for hydroxylation is 1. The zero-order valence-corrected chi connectivity index (χ0v) is 9.77. The van der Waals surface area contributed by atoms with Crippen molar-refractivity contribution in [1.29, 1.82) is 0 Å². The average molecular weight is 225 g/mol. The molecule has 2 N–H and O–H groups in total. The van der Waals surface area contributed by atoms with E-state index < -0.39 is 0 Å². The SMILES string of the molecule is Cc1cccc2c1C(c1ccccc1O)NC2. The zero-order chi connectivity index (χ0) is 11.8. The predicted molar refractivity (Wildman–Crippen MR) is 68.0 cm³/mol. The highest BCUT2D eigenvalue weighted by molar-refractivity contribution is 5.49. The average Bonchev–Trinajstić information content (AvgIpc) is 2.75. The molecule has 2 aromatic carbocycles. The molecule has 86 valence electrons. The van der Waals surface area contributed by atoms with Gasteiger partial charge in [-0.1, -0.05) is 36.4 Å². The van der Waals surface area contributed by atoms with Crippen LogP contribution in [0.4, 0.5) is 0 Å². The van der Waals surface area contributed by atoms with Crippen LogP contribution in [0.1, 0.15) is 28.3 Å². The maximum atomic E-state index is 9.95. The second-order valence-corrected chi connectivity index (χ2v) is 4.52. The van der Waals surface area contributed by atoms with Crippen LogP contribution in [0, 0.1) is 6.92 Å². The van der Waals surface area contributed by atoms with E-state index >= 15 is 0 Å². The number of aromatic hydroxyl groups is 1. The van der Waals surface area contributed by atoms with E-state index in [2.05, 4.69) is 30.4 Å². The number of benzene rings is 2. The lowest BCUT2D eigenvalue weighted by Crippen LogP contribution is -2.14. The van der Waals surface area contributed by atoms with Crippen molar-refractivity contribution in [3.05, 3.63) is 64.7 Å². The lowest BCUT2D eigenvalue weighted by atomic mass is 9.94. The first kappa shape index (κ1) is 10.4. The molecule has 0 aromatic heterocycles. The van der Waals surface area contributed by atoms with E-state index in [0.717, 1.165) is 12.1 Å². The van der Waals surface area contributed by atoms with Gasteiger partial charge in [-0.25, -0.2) is 0 Å². The van der Waals surface area contributed by atoms with Gasteiger partial charge in [-0.2, -0.15) is 0 Å². The first-order valence-electron chi connectivity index (χ1n) is 5.87. The number of rotatable bonds is 1. The predicted octanol–water partition coefficient (Wildman–Crippen LogP) is 2.89. The van der Waals surface area contributed by atoms with Crippen molar-refractivity contribution in [2.75, 3.05) is 0 Å². The van der Waals surface area contributed by atoms with E-state index in [1.54, 1.807) is 6.07 Å². The van der Waals surface area contributed by atoms with Crippen molar-refractivity contribution in [2.24, 2.45) is 0 Å². The first-order valence-corrected chi connectivity index (χ1v) is 5.87. The Morgan fingerprint density at radius 2 is 1.94 bits per heavy atom. The molecule has 17 heavy (non-hydrogen) atoms. The molecule has 1 unspecified atom stereocenters. The van der Waals surface area contributed by atoms with E-state index in [0.29, 0.717) is 5.75 Å². The van der Waals surface area contributed by atoms with Crippen LogP contribution in [0.15, 0.2) is 42.5 Å². The van der Waals surface area contributed by atoms with Gasteiger partial charge in [-0.3, -0.25) is 0 Å². The van der Waals surface area contributed by atoms with Crippen LogP contribution >= 0.6 is 0 Å². The molecule has 2 heteroatoms. The summed E-state index contributed by atoms with van der Waals surface area (Å²) in [6, 6.07) is 14.0. The summed E-state index contributed by atoms with van der Waals surface area (Å²) in [5.74, 6) is 0.362. The summed E-state index contributed by atoms with van der Waals surface area (Å²) in [6.45, 7) is 2.99. The maximum Gasteiger partial charge on any atom is 0.120 e. The van der Waals surface area contributed by atoms with Crippen molar-refractivity contribution in [1.82, 2.24) is 5.32 Å². The van der Waals surface area contributed by atoms with Gasteiger partial charge in [-0.15, -0.1) is 0 Å². The molecule has 1 heterocycles. The molecule has 3 rings (SSSR count). The fraction of sp³-hybridized carbons (Fsp3) is 0.200. The Morgan fingerprint density at radius 1 is 1.12 bits per heavy atom. The molecule has 0 amide bonds. The first-order chi connectivity index (χ1) is 8.27. The molecule has 0 saturated heterocycles. The fourth-order valence-electron chi connectivity index (χ4n) is 2.62. The number of phenols is 1. The summed E-state index contributed by atoms with van der Waals surface area (Å²) in [4.78, 5) is 0. The van der Waals surface area contributed by atoms with Crippen molar-refractivity contribution in [2.45, 2.75) is 19.5 Å². The molecule has 0 saturated carbocycles. The van der Waals surface area contributed by atoms with Crippen LogP contribution in [-0.4, -0.2) is 5.11 Å². The Bertz CT molecular complexity index is 563. The Morgan fingerprint density at radius 3 is 2.76 bits per heavy atom. The standard InChI is InChI=1S/C15H15NO/c1-10-5-4-6-11-9-16-15(14(10)11)12-7-2-3-8-13(12)17/h2-8,15-17H,9H2,1H3. The second kappa shape index (κ2) is 3.90. The fourth-order valence-corrected chi connectivity index (χ4v) is 2.62. The van der Waals surface area contributed by atoms with Gasteiger partial charge < -0.3 is 10.4 Å². The van der Waals surface area contributed by atoms with E-state index in [-0.39, 0.29) is 6.04 Å². The highest BCUT2D eigenvalue weighted by Gasteiger charge is 2.26. The summed E-state index contributed by atoms with van der Waals surface area (Å²) in [5.41, 5.74) is 4.88. The Hall–Kier alpha value is -1.80. The summed E-state index contributed by atoms with van der Waals surface area (Å²) >= 11 is 0. The third kappa shape index (κ3) is 1.61. The minimum absolute atomic E-state index is 0.118. The van der Waals surface area contributed by atoms with Crippen LogP contribution in [0.25, 0.3) is 0 Å². The van der Waals surface area contributed by atoms with Gasteiger partial charge in [0.05, 0.1) is 6.04 Å². The number of phenolic OH excluding ortho intramolecular Hbond substituents is 1. The normalized spacial score (nSPS) is 18.1. The highest BCUT2D eigenvalue weighted by atomic mass is 16.3. The molecular weight excluding hydrogens is 210 g/mol. The largest absolute Gasteiger partial charge is 0.508 e. The van der Waals surface area contributed by atoms with Gasteiger partial charge in [0, 0.05) is 12.1 Å². The van der Waals surface area contributed by atoms with E-state index in [4.69, 9.17) is 0 Å². The molecule has 0 aliphatic carbocycles. The van der Waals surface area contributed by atoms with E-state index in [9.17, 15) is 5.11 Å². The van der Waals surface area contributed by atoms with Crippen LogP contribution in [-0.2, 0) is 6.54 Å². The smallest absolute Gasteiger partial charge is 0.120 e. The molecule has 1 aliphatic rings. The molecule has 0 radical (unpaired) electrons. The van der Waals surface area contributed by atoms with E-state index in [1.807, 2.05) is 18.2 Å². The molecule has 1 atom stereocenters. The molecule has 2 aromatic rings. The minimum Gasteiger partial charge on any atom is -0.508 e. The Labute approximate surface area is 101 Å². The topological polar surface area (TPSA) is 32.3 Å². The van der Waals surface area contributed by atoms with Gasteiger partial charge in [-0.05, 0) is 29.7 Å². The maximum absolute atomic E-state index is 9.95. The lowest BCUT2D eigenvalue weighted by Gasteiger charge is -2.16. The Kier molecular flexibility index (Phi) is 2.37. The molecule has 1 aliphatic heterocycles. The zero-order valence-electron chi connectivity index (χ0n) is 9.77. The number of para-hydroxylation sites is 1. The monoisotopic (exact) mass is 225 g/mol. The highest BCUT2D eigenvalue weighted by Crippen LogP contribution is 2.36. The number of fused-ring (bicyclic) bond motifs is 1. The number of hydrogen-bond acceptors (Lipinski definition) is 2. The number of nitrogens with one attached hydrogen (secondary N) is 1. The summed E-state index contributed by atoms with van der Waals surface area (Å²) < 4.78 is 0. The second-order valence-electron chi connectivity index (χ2n) is 4.52. The van der Waals surface area contributed by atoms with Gasteiger partial charge in [0.1, 0.15) is 5.75 Å². The van der Waals surface area contributed by atoms with Gasteiger partial charge in [0.2, 0.25) is 0 Å². The van der Waals surface area contributed by atoms with Crippen LogP contribution in [0.5, 0.6) is 5.75 Å². The van der Waals surface area contributed by atoms with Crippen molar-refractivity contribution < 1.29 is 5.11 Å². The summed E-state index contributed by atoms with van der Waals surface area (Å²) in [7, 11) is 0. The van der Waals surface area contributed by atoms with Crippen molar-refractivity contribution in [3.63, 3.8) is 0 Å². The van der Waals surface area contributed by atoms with E-state index in [1.165, 1.54) is 16.7 Å². The Balaban J connectivity index is 2.13. The quantitative estimate of drug-likeness (QED) is 0.782. The van der Waals surface area contributed by atoms with Gasteiger partial charge in [0.15, 0.2) is 0 Å². The van der Waals surface area contributed by atoms with Gasteiger partial charge >= 0.3 is 0 Å². The third-order valence-corrected chi connectivity index (χ3v) is 3.45. The van der Waals surface area contributed by atoms with Crippen LogP contribution in [0.2, 0.25) is 0 Å². The molecule has 0 bridgehead atoms.